The Bertz CT molecular complexity index is 448. The molecule has 2 N–H and O–H groups in total. The van der Waals surface area contributed by atoms with E-state index in [4.69, 9.17) is 0 Å². The highest BCUT2D eigenvalue weighted by atomic mass is 15.2. The van der Waals surface area contributed by atoms with Gasteiger partial charge < -0.3 is 10.6 Å². The molecule has 0 bridgehead atoms. The Labute approximate surface area is 122 Å². The summed E-state index contributed by atoms with van der Waals surface area (Å²) in [5.74, 6) is 1.76. The maximum absolute atomic E-state index is 4.49. The van der Waals surface area contributed by atoms with Crippen molar-refractivity contribution in [1.82, 2.24) is 15.6 Å². The van der Waals surface area contributed by atoms with Gasteiger partial charge in [0.05, 0.1) is 12.2 Å². The Morgan fingerprint density at radius 3 is 2.70 bits per heavy atom. The van der Waals surface area contributed by atoms with E-state index >= 15 is 0 Å². The van der Waals surface area contributed by atoms with Gasteiger partial charge >= 0.3 is 0 Å². The van der Waals surface area contributed by atoms with Crippen molar-refractivity contribution in [3.8, 4) is 0 Å². The van der Waals surface area contributed by atoms with Crippen LogP contribution in [0.4, 0.5) is 0 Å². The summed E-state index contributed by atoms with van der Waals surface area (Å²) in [6, 6.07) is 6.65. The van der Waals surface area contributed by atoms with Gasteiger partial charge in [-0.1, -0.05) is 13.0 Å². The van der Waals surface area contributed by atoms with E-state index in [0.717, 1.165) is 23.3 Å². The highest BCUT2D eigenvalue weighted by Crippen LogP contribution is 2.23. The fourth-order valence-corrected chi connectivity index (χ4v) is 2.66. The van der Waals surface area contributed by atoms with E-state index < -0.39 is 0 Å². The van der Waals surface area contributed by atoms with Crippen LogP contribution in [0.3, 0.4) is 0 Å². The SMILES string of the molecule is CN=C(NCc1cccc(C)n1)NC1CCC(C)CC1. The molecule has 0 aromatic carbocycles. The van der Waals surface area contributed by atoms with Crippen LogP contribution in [0.25, 0.3) is 0 Å². The van der Waals surface area contributed by atoms with E-state index in [2.05, 4.69) is 27.5 Å². The Hall–Kier alpha value is -1.58. The van der Waals surface area contributed by atoms with E-state index in [0.29, 0.717) is 12.6 Å². The van der Waals surface area contributed by atoms with Gasteiger partial charge in [-0.25, -0.2) is 0 Å². The third-order valence-electron chi connectivity index (χ3n) is 3.96. The van der Waals surface area contributed by atoms with Crippen molar-refractivity contribution in [3.05, 3.63) is 29.6 Å². The van der Waals surface area contributed by atoms with Gasteiger partial charge in [0.15, 0.2) is 5.96 Å². The average molecular weight is 274 g/mol. The summed E-state index contributed by atoms with van der Waals surface area (Å²) < 4.78 is 0. The molecule has 2 rings (SSSR count). The third kappa shape index (κ3) is 4.51. The van der Waals surface area contributed by atoms with Crippen LogP contribution in [-0.2, 0) is 6.54 Å². The molecule has 1 aromatic heterocycles. The fourth-order valence-electron chi connectivity index (χ4n) is 2.66. The maximum Gasteiger partial charge on any atom is 0.191 e. The number of pyridine rings is 1. The first-order valence-corrected chi connectivity index (χ1v) is 7.57. The lowest BCUT2D eigenvalue weighted by Crippen LogP contribution is -2.44. The number of rotatable bonds is 3. The summed E-state index contributed by atoms with van der Waals surface area (Å²) >= 11 is 0. The molecule has 4 heteroatoms. The van der Waals surface area contributed by atoms with Gasteiger partial charge in [0.1, 0.15) is 0 Å². The van der Waals surface area contributed by atoms with Crippen molar-refractivity contribution < 1.29 is 0 Å². The lowest BCUT2D eigenvalue weighted by Gasteiger charge is -2.28. The number of nitrogens with zero attached hydrogens (tertiary/aromatic N) is 2. The van der Waals surface area contributed by atoms with Crippen LogP contribution in [-0.4, -0.2) is 24.0 Å². The summed E-state index contributed by atoms with van der Waals surface area (Å²) in [5.41, 5.74) is 2.10. The second-order valence-electron chi connectivity index (χ2n) is 5.80. The lowest BCUT2D eigenvalue weighted by atomic mass is 9.87. The van der Waals surface area contributed by atoms with Gasteiger partial charge in [-0.2, -0.15) is 0 Å². The zero-order chi connectivity index (χ0) is 14.4. The Morgan fingerprint density at radius 2 is 2.05 bits per heavy atom. The molecule has 0 amide bonds. The Balaban J connectivity index is 1.81. The van der Waals surface area contributed by atoms with Crippen LogP contribution < -0.4 is 10.6 Å². The Morgan fingerprint density at radius 1 is 1.30 bits per heavy atom. The van der Waals surface area contributed by atoms with E-state index in [9.17, 15) is 0 Å². The third-order valence-corrected chi connectivity index (χ3v) is 3.96. The van der Waals surface area contributed by atoms with Crippen molar-refractivity contribution in [2.24, 2.45) is 10.9 Å². The molecule has 4 nitrogen and oxygen atoms in total. The average Bonchev–Trinajstić information content (AvgIpc) is 2.45. The highest BCUT2D eigenvalue weighted by molar-refractivity contribution is 5.79. The van der Waals surface area contributed by atoms with E-state index in [1.165, 1.54) is 25.7 Å². The van der Waals surface area contributed by atoms with E-state index in [1.54, 1.807) is 0 Å². The van der Waals surface area contributed by atoms with E-state index in [-0.39, 0.29) is 0 Å². The van der Waals surface area contributed by atoms with Crippen LogP contribution in [0.15, 0.2) is 23.2 Å². The molecular formula is C16H26N4. The molecule has 1 fully saturated rings. The first-order valence-electron chi connectivity index (χ1n) is 7.57. The summed E-state index contributed by atoms with van der Waals surface area (Å²) in [7, 11) is 1.82. The minimum absolute atomic E-state index is 0.558. The van der Waals surface area contributed by atoms with Gasteiger partial charge in [0, 0.05) is 18.8 Å². The van der Waals surface area contributed by atoms with Crippen LogP contribution in [0.2, 0.25) is 0 Å². The number of aliphatic imine (C=N–C) groups is 1. The zero-order valence-corrected chi connectivity index (χ0v) is 12.8. The van der Waals surface area contributed by atoms with Crippen molar-refractivity contribution in [2.75, 3.05) is 7.05 Å². The summed E-state index contributed by atoms with van der Waals surface area (Å²) in [6.45, 7) is 5.07. The minimum Gasteiger partial charge on any atom is -0.354 e. The van der Waals surface area contributed by atoms with Gasteiger partial charge in [-0.05, 0) is 50.7 Å². The summed E-state index contributed by atoms with van der Waals surface area (Å²) in [5, 5.41) is 6.87. The van der Waals surface area contributed by atoms with Gasteiger partial charge in [0.25, 0.3) is 0 Å². The smallest absolute Gasteiger partial charge is 0.191 e. The molecule has 0 spiro atoms. The quantitative estimate of drug-likeness (QED) is 0.658. The molecule has 0 aliphatic heterocycles. The topological polar surface area (TPSA) is 49.3 Å². The molecule has 1 saturated carbocycles. The second-order valence-corrected chi connectivity index (χ2v) is 5.80. The molecule has 1 heterocycles. The van der Waals surface area contributed by atoms with Gasteiger partial charge in [-0.3, -0.25) is 9.98 Å². The van der Waals surface area contributed by atoms with Crippen LogP contribution in [0.5, 0.6) is 0 Å². The van der Waals surface area contributed by atoms with Crippen molar-refractivity contribution in [3.63, 3.8) is 0 Å². The van der Waals surface area contributed by atoms with Crippen LogP contribution in [0.1, 0.15) is 44.0 Å². The summed E-state index contributed by atoms with van der Waals surface area (Å²) in [4.78, 5) is 8.80. The maximum atomic E-state index is 4.49. The first kappa shape index (κ1) is 14.8. The predicted octanol–water partition coefficient (Wildman–Crippen LogP) is 2.63. The number of nitrogens with one attached hydrogen (secondary N) is 2. The molecule has 1 aromatic rings. The lowest BCUT2D eigenvalue weighted by molar-refractivity contribution is 0.329. The fraction of sp³-hybridized carbons (Fsp3) is 0.625. The van der Waals surface area contributed by atoms with E-state index in [1.807, 2.05) is 32.2 Å². The van der Waals surface area contributed by atoms with Crippen LogP contribution >= 0.6 is 0 Å². The molecule has 0 unspecified atom stereocenters. The monoisotopic (exact) mass is 274 g/mol. The molecule has 0 atom stereocenters. The van der Waals surface area contributed by atoms with Crippen molar-refractivity contribution >= 4 is 5.96 Å². The van der Waals surface area contributed by atoms with Gasteiger partial charge in [-0.15, -0.1) is 0 Å². The number of guanidine groups is 1. The molecule has 110 valence electrons. The normalized spacial score (nSPS) is 23.4. The molecule has 1 aliphatic rings. The molecule has 0 radical (unpaired) electrons. The highest BCUT2D eigenvalue weighted by Gasteiger charge is 2.18. The Kier molecular flexibility index (Phi) is 5.39. The molecular weight excluding hydrogens is 248 g/mol. The molecule has 0 saturated heterocycles. The molecule has 1 aliphatic carbocycles. The van der Waals surface area contributed by atoms with Gasteiger partial charge in [0.2, 0.25) is 0 Å². The first-order chi connectivity index (χ1) is 9.67. The standard InChI is InChI=1S/C16H26N4/c1-12-7-9-14(10-8-12)20-16(17-3)18-11-15-6-4-5-13(2)19-15/h4-6,12,14H,7-11H2,1-3H3,(H2,17,18,20). The van der Waals surface area contributed by atoms with Crippen molar-refractivity contribution in [1.29, 1.82) is 0 Å². The predicted molar refractivity (Wildman–Crippen MR) is 83.7 cm³/mol. The number of aryl methyl sites for hydroxylation is 1. The molecule has 20 heavy (non-hydrogen) atoms. The zero-order valence-electron chi connectivity index (χ0n) is 12.8. The van der Waals surface area contributed by atoms with Crippen molar-refractivity contribution in [2.45, 2.75) is 52.1 Å². The minimum atomic E-state index is 0.558. The van der Waals surface area contributed by atoms with Crippen LogP contribution in [0, 0.1) is 12.8 Å². The largest absolute Gasteiger partial charge is 0.354 e. The second kappa shape index (κ2) is 7.27. The number of aromatic nitrogens is 1. The summed E-state index contributed by atoms with van der Waals surface area (Å²) in [6.07, 6.45) is 5.11. The number of hydrogen-bond donors (Lipinski definition) is 2. The number of hydrogen-bond acceptors (Lipinski definition) is 2.